The van der Waals surface area contributed by atoms with E-state index in [0.29, 0.717) is 13.2 Å². The summed E-state index contributed by atoms with van der Waals surface area (Å²) in [5.74, 6) is -0.999. The van der Waals surface area contributed by atoms with Gasteiger partial charge < -0.3 is 25.2 Å². The van der Waals surface area contributed by atoms with Crippen molar-refractivity contribution in [1.29, 1.82) is 0 Å². The molecular formula is C12H22N2O5. The molecule has 7 heteroatoms. The van der Waals surface area contributed by atoms with Gasteiger partial charge in [-0.15, -0.1) is 0 Å². The zero-order valence-corrected chi connectivity index (χ0v) is 11.4. The van der Waals surface area contributed by atoms with Gasteiger partial charge in [0.1, 0.15) is 5.54 Å². The third kappa shape index (κ3) is 4.36. The minimum Gasteiger partial charge on any atom is -0.480 e. The Morgan fingerprint density at radius 2 is 2.05 bits per heavy atom. The Hall–Kier alpha value is -1.34. The van der Waals surface area contributed by atoms with Crippen molar-refractivity contribution in [2.75, 3.05) is 33.4 Å². The first-order valence-electron chi connectivity index (χ1n) is 6.37. The number of hydrogen-bond donors (Lipinski definition) is 3. The zero-order chi connectivity index (χ0) is 14.5. The van der Waals surface area contributed by atoms with E-state index < -0.39 is 17.5 Å². The van der Waals surface area contributed by atoms with E-state index in [4.69, 9.17) is 9.84 Å². The Bertz CT molecular complexity index is 332. The molecule has 2 amide bonds. The number of aliphatic hydroxyl groups is 1. The standard InChI is InChI=1S/C12H22N2O5/c1-12(10(16)17,9-3-4-9)13-11(18)14(2)5-7-19-8-6-15/h9,15H,3-8H2,1-2H3,(H,13,18)(H,16,17). The summed E-state index contributed by atoms with van der Waals surface area (Å²) in [5, 5.41) is 20.4. The van der Waals surface area contributed by atoms with E-state index in [9.17, 15) is 14.7 Å². The van der Waals surface area contributed by atoms with Crippen LogP contribution >= 0.6 is 0 Å². The van der Waals surface area contributed by atoms with Gasteiger partial charge in [-0.1, -0.05) is 0 Å². The average Bonchev–Trinajstić information content (AvgIpc) is 3.18. The highest BCUT2D eigenvalue weighted by molar-refractivity contribution is 5.86. The van der Waals surface area contributed by atoms with E-state index in [1.807, 2.05) is 0 Å². The number of amides is 2. The number of rotatable bonds is 8. The maximum absolute atomic E-state index is 11.9. The summed E-state index contributed by atoms with van der Waals surface area (Å²) in [4.78, 5) is 24.6. The number of ether oxygens (including phenoxy) is 1. The van der Waals surface area contributed by atoms with Crippen molar-refractivity contribution in [2.45, 2.75) is 25.3 Å². The number of hydrogen-bond acceptors (Lipinski definition) is 4. The molecule has 3 N–H and O–H groups in total. The fourth-order valence-electron chi connectivity index (χ4n) is 1.78. The molecule has 110 valence electrons. The van der Waals surface area contributed by atoms with Gasteiger partial charge in [-0.3, -0.25) is 0 Å². The third-order valence-electron chi connectivity index (χ3n) is 3.36. The van der Waals surface area contributed by atoms with E-state index in [1.165, 1.54) is 4.90 Å². The number of nitrogens with one attached hydrogen (secondary N) is 1. The summed E-state index contributed by atoms with van der Waals surface area (Å²) in [6.45, 7) is 2.35. The van der Waals surface area contributed by atoms with E-state index in [2.05, 4.69) is 5.32 Å². The number of aliphatic hydroxyl groups excluding tert-OH is 1. The van der Waals surface area contributed by atoms with Gasteiger partial charge >= 0.3 is 12.0 Å². The maximum atomic E-state index is 11.9. The van der Waals surface area contributed by atoms with Crippen LogP contribution in [0.5, 0.6) is 0 Å². The van der Waals surface area contributed by atoms with Crippen molar-refractivity contribution in [3.05, 3.63) is 0 Å². The summed E-state index contributed by atoms with van der Waals surface area (Å²) < 4.78 is 5.05. The second kappa shape index (κ2) is 6.72. The predicted molar refractivity (Wildman–Crippen MR) is 67.8 cm³/mol. The third-order valence-corrected chi connectivity index (χ3v) is 3.36. The first-order chi connectivity index (χ1) is 8.91. The van der Waals surface area contributed by atoms with Crippen LogP contribution in [-0.4, -0.2) is 66.1 Å². The number of carbonyl (C=O) groups excluding carboxylic acids is 1. The van der Waals surface area contributed by atoms with Crippen molar-refractivity contribution >= 4 is 12.0 Å². The van der Waals surface area contributed by atoms with Crippen molar-refractivity contribution in [2.24, 2.45) is 5.92 Å². The Morgan fingerprint density at radius 3 is 2.53 bits per heavy atom. The molecule has 0 saturated heterocycles. The van der Waals surface area contributed by atoms with Gasteiger partial charge in [0.15, 0.2) is 0 Å². The molecule has 0 radical (unpaired) electrons. The highest BCUT2D eigenvalue weighted by atomic mass is 16.5. The second-order valence-corrected chi connectivity index (χ2v) is 4.97. The minimum absolute atomic E-state index is 0.00740. The molecule has 0 heterocycles. The number of aliphatic carboxylic acids is 1. The number of carbonyl (C=O) groups is 2. The van der Waals surface area contributed by atoms with Crippen LogP contribution < -0.4 is 5.32 Å². The van der Waals surface area contributed by atoms with Crippen LogP contribution in [0.1, 0.15) is 19.8 Å². The molecule has 0 aromatic heterocycles. The molecule has 1 saturated carbocycles. The first kappa shape index (κ1) is 15.7. The Kier molecular flexibility index (Phi) is 5.56. The van der Waals surface area contributed by atoms with Crippen molar-refractivity contribution in [3.8, 4) is 0 Å². The largest absolute Gasteiger partial charge is 0.480 e. The molecule has 1 fully saturated rings. The molecule has 7 nitrogen and oxygen atoms in total. The summed E-state index contributed by atoms with van der Waals surface area (Å²) in [7, 11) is 1.58. The molecule has 1 aliphatic rings. The molecule has 1 unspecified atom stereocenters. The maximum Gasteiger partial charge on any atom is 0.329 e. The average molecular weight is 274 g/mol. The molecule has 0 aromatic rings. The number of urea groups is 1. The topological polar surface area (TPSA) is 99.1 Å². The predicted octanol–water partition coefficient (Wildman–Crippen LogP) is -0.110. The second-order valence-electron chi connectivity index (χ2n) is 4.97. The Balaban J connectivity index is 2.41. The highest BCUT2D eigenvalue weighted by Gasteiger charge is 2.48. The monoisotopic (exact) mass is 274 g/mol. The summed E-state index contributed by atoms with van der Waals surface area (Å²) in [6, 6.07) is -0.426. The van der Waals surface area contributed by atoms with Gasteiger partial charge in [0.05, 0.1) is 19.8 Å². The molecular weight excluding hydrogens is 252 g/mol. The van der Waals surface area contributed by atoms with Gasteiger partial charge in [0, 0.05) is 13.6 Å². The quantitative estimate of drug-likeness (QED) is 0.536. The lowest BCUT2D eigenvalue weighted by Gasteiger charge is -2.29. The van der Waals surface area contributed by atoms with E-state index in [-0.39, 0.29) is 19.1 Å². The lowest BCUT2D eigenvalue weighted by molar-refractivity contribution is -0.144. The normalized spacial score (nSPS) is 17.6. The van der Waals surface area contributed by atoms with E-state index >= 15 is 0 Å². The molecule has 0 aliphatic heterocycles. The summed E-state index contributed by atoms with van der Waals surface area (Å²) >= 11 is 0. The Labute approximate surface area is 112 Å². The number of likely N-dealkylation sites (N-methyl/N-ethyl adjacent to an activating group) is 1. The van der Waals surface area contributed by atoms with Gasteiger partial charge in [-0.2, -0.15) is 0 Å². The van der Waals surface area contributed by atoms with Gasteiger partial charge in [0.2, 0.25) is 0 Å². The van der Waals surface area contributed by atoms with Gasteiger partial charge in [0.25, 0.3) is 0 Å². The Morgan fingerprint density at radius 1 is 1.42 bits per heavy atom. The minimum atomic E-state index is -1.20. The van der Waals surface area contributed by atoms with E-state index in [0.717, 1.165) is 12.8 Å². The number of carboxylic acid groups (broad SMARTS) is 1. The summed E-state index contributed by atoms with van der Waals surface area (Å²) in [6.07, 6.45) is 1.65. The highest BCUT2D eigenvalue weighted by Crippen LogP contribution is 2.39. The first-order valence-corrected chi connectivity index (χ1v) is 6.37. The van der Waals surface area contributed by atoms with Crippen molar-refractivity contribution in [1.82, 2.24) is 10.2 Å². The van der Waals surface area contributed by atoms with Crippen molar-refractivity contribution < 1.29 is 24.5 Å². The fraction of sp³-hybridized carbons (Fsp3) is 0.833. The van der Waals surface area contributed by atoms with Crippen LogP contribution in [0.25, 0.3) is 0 Å². The summed E-state index contributed by atoms with van der Waals surface area (Å²) in [5.41, 5.74) is -1.20. The lowest BCUT2D eigenvalue weighted by atomic mass is 9.96. The number of carboxylic acids is 1. The smallest absolute Gasteiger partial charge is 0.329 e. The van der Waals surface area contributed by atoms with E-state index in [1.54, 1.807) is 14.0 Å². The zero-order valence-electron chi connectivity index (χ0n) is 11.4. The van der Waals surface area contributed by atoms with Gasteiger partial charge in [-0.05, 0) is 25.7 Å². The fourth-order valence-corrected chi connectivity index (χ4v) is 1.78. The van der Waals surface area contributed by atoms with Crippen LogP contribution in [0.4, 0.5) is 4.79 Å². The molecule has 1 aliphatic carbocycles. The molecule has 19 heavy (non-hydrogen) atoms. The van der Waals surface area contributed by atoms with Crippen LogP contribution in [0, 0.1) is 5.92 Å². The molecule has 1 atom stereocenters. The SMILES string of the molecule is CN(CCOCCO)C(=O)NC(C)(C(=O)O)C1CC1. The molecule has 0 aromatic carbocycles. The lowest BCUT2D eigenvalue weighted by Crippen LogP contribution is -2.57. The van der Waals surface area contributed by atoms with Gasteiger partial charge in [-0.25, -0.2) is 9.59 Å². The van der Waals surface area contributed by atoms with Crippen LogP contribution in [0.2, 0.25) is 0 Å². The van der Waals surface area contributed by atoms with Crippen LogP contribution in [0.3, 0.4) is 0 Å². The van der Waals surface area contributed by atoms with Crippen LogP contribution in [0.15, 0.2) is 0 Å². The van der Waals surface area contributed by atoms with Crippen LogP contribution in [-0.2, 0) is 9.53 Å². The number of nitrogens with zero attached hydrogens (tertiary/aromatic N) is 1. The van der Waals surface area contributed by atoms with Crippen molar-refractivity contribution in [3.63, 3.8) is 0 Å². The molecule has 1 rings (SSSR count). The molecule has 0 spiro atoms. The molecule has 0 bridgehead atoms.